The van der Waals surface area contributed by atoms with Gasteiger partial charge in [-0.15, -0.1) is 0 Å². The number of benzene rings is 9. The van der Waals surface area contributed by atoms with Gasteiger partial charge in [0.15, 0.2) is 5.82 Å². The van der Waals surface area contributed by atoms with E-state index in [0.29, 0.717) is 5.82 Å². The van der Waals surface area contributed by atoms with E-state index in [2.05, 4.69) is 231 Å². The van der Waals surface area contributed by atoms with E-state index in [1.165, 1.54) is 72.3 Å². The molecule has 0 saturated carbocycles. The van der Waals surface area contributed by atoms with Crippen molar-refractivity contribution >= 4 is 17.0 Å². The molecular weight excluding hydrogens is 849 g/mol. The molecule has 3 nitrogen and oxygen atoms in total. The van der Waals surface area contributed by atoms with Gasteiger partial charge in [-0.2, -0.15) is 0 Å². The van der Waals surface area contributed by atoms with Crippen LogP contribution in [-0.2, 0) is 10.8 Å². The summed E-state index contributed by atoms with van der Waals surface area (Å²) in [6.45, 7) is 2.29. The summed E-state index contributed by atoms with van der Waals surface area (Å²) in [5.74, 6) is 2.01. The lowest BCUT2D eigenvalue weighted by molar-refractivity contribution is 0.504. The number of fused-ring (bicyclic) bond motifs is 20. The second-order valence-electron chi connectivity index (χ2n) is 19.5. The minimum Gasteiger partial charge on any atom is -0.459 e. The van der Waals surface area contributed by atoms with E-state index < -0.39 is 10.8 Å². The molecule has 0 amide bonds. The molecule has 2 spiro atoms. The summed E-state index contributed by atoms with van der Waals surface area (Å²) in [5.41, 5.74) is 23.2. The number of hydrogen-bond donors (Lipinski definition) is 0. The SMILES string of the molecule is CC1CC=Cc2c1oc1c3c(ccc21)C1(c2ccccc2C2(c4ccccc4-c4ccccc42)c2ccccc21)c1cccc(-c2cc(-c4ccc(-c5ccccc5)cc4)nc(-c4ccccc4)n2)c1-3. The Morgan fingerprint density at radius 2 is 0.900 bits per heavy atom. The van der Waals surface area contributed by atoms with E-state index in [1.807, 2.05) is 6.07 Å². The Kier molecular flexibility index (Phi) is 8.25. The van der Waals surface area contributed by atoms with Crippen LogP contribution < -0.4 is 0 Å². The minimum absolute atomic E-state index is 0.262. The highest BCUT2D eigenvalue weighted by Gasteiger charge is 2.59. The van der Waals surface area contributed by atoms with Crippen LogP contribution in [0.4, 0.5) is 0 Å². The van der Waals surface area contributed by atoms with E-state index in [1.54, 1.807) is 0 Å². The maximum Gasteiger partial charge on any atom is 0.160 e. The molecule has 9 aromatic carbocycles. The van der Waals surface area contributed by atoms with E-state index in [9.17, 15) is 0 Å². The summed E-state index contributed by atoms with van der Waals surface area (Å²) in [6.07, 6.45) is 5.53. The van der Waals surface area contributed by atoms with Gasteiger partial charge in [0.25, 0.3) is 0 Å². The van der Waals surface area contributed by atoms with Crippen molar-refractivity contribution in [2.45, 2.75) is 30.1 Å². The van der Waals surface area contributed by atoms with Gasteiger partial charge in [-0.25, -0.2) is 9.97 Å². The largest absolute Gasteiger partial charge is 0.459 e. The topological polar surface area (TPSA) is 38.9 Å². The Labute approximate surface area is 407 Å². The number of aromatic nitrogens is 2. The van der Waals surface area contributed by atoms with Gasteiger partial charge in [0.05, 0.1) is 22.2 Å². The molecular formula is C67H44N2O. The second-order valence-corrected chi connectivity index (χ2v) is 19.5. The first-order chi connectivity index (χ1) is 34.6. The highest BCUT2D eigenvalue weighted by molar-refractivity contribution is 6.09. The fourth-order valence-electron chi connectivity index (χ4n) is 13.2. The molecule has 3 heteroatoms. The number of nitrogens with zero attached hydrogens (tertiary/aromatic N) is 2. The monoisotopic (exact) mass is 892 g/mol. The van der Waals surface area contributed by atoms with Gasteiger partial charge in [0.2, 0.25) is 0 Å². The van der Waals surface area contributed by atoms with Crippen molar-refractivity contribution < 1.29 is 4.42 Å². The molecule has 4 aliphatic rings. The average Bonchev–Trinajstić information content (AvgIpc) is 4.07. The Morgan fingerprint density at radius 3 is 1.54 bits per heavy atom. The molecule has 1 unspecified atom stereocenters. The summed E-state index contributed by atoms with van der Waals surface area (Å²) in [7, 11) is 0. The Hall–Kier alpha value is -8.66. The fourth-order valence-corrected chi connectivity index (χ4v) is 13.2. The summed E-state index contributed by atoms with van der Waals surface area (Å²) in [6, 6.07) is 80.5. The first-order valence-corrected chi connectivity index (χ1v) is 24.5. The molecule has 0 radical (unpaired) electrons. The van der Waals surface area contributed by atoms with Crippen molar-refractivity contribution in [3.8, 4) is 67.3 Å². The van der Waals surface area contributed by atoms with Crippen molar-refractivity contribution in [2.75, 3.05) is 0 Å². The Balaban J connectivity index is 1.05. The third kappa shape index (κ3) is 5.13. The molecule has 0 bridgehead atoms. The van der Waals surface area contributed by atoms with E-state index in [4.69, 9.17) is 14.4 Å². The highest BCUT2D eigenvalue weighted by atomic mass is 16.3. The van der Waals surface area contributed by atoms with Crippen LogP contribution in [0.15, 0.2) is 229 Å². The summed E-state index contributed by atoms with van der Waals surface area (Å²) >= 11 is 0. The third-order valence-electron chi connectivity index (χ3n) is 16.0. The van der Waals surface area contributed by atoms with Gasteiger partial charge >= 0.3 is 0 Å². The molecule has 328 valence electrons. The number of furan rings is 1. The maximum atomic E-state index is 7.34. The third-order valence-corrected chi connectivity index (χ3v) is 16.0. The van der Waals surface area contributed by atoms with Crippen molar-refractivity contribution in [2.24, 2.45) is 0 Å². The van der Waals surface area contributed by atoms with Gasteiger partial charge < -0.3 is 4.42 Å². The van der Waals surface area contributed by atoms with Gasteiger partial charge in [-0.3, -0.25) is 0 Å². The zero-order valence-corrected chi connectivity index (χ0v) is 38.5. The zero-order valence-electron chi connectivity index (χ0n) is 38.5. The molecule has 2 heterocycles. The highest BCUT2D eigenvalue weighted by Crippen LogP contribution is 2.69. The van der Waals surface area contributed by atoms with Crippen LogP contribution in [0.1, 0.15) is 75.1 Å². The lowest BCUT2D eigenvalue weighted by Crippen LogP contribution is -2.43. The summed E-state index contributed by atoms with van der Waals surface area (Å²) in [4.78, 5) is 10.9. The van der Waals surface area contributed by atoms with Gasteiger partial charge in [0.1, 0.15) is 11.3 Å². The smallest absolute Gasteiger partial charge is 0.160 e. The number of hydrogen-bond acceptors (Lipinski definition) is 3. The van der Waals surface area contributed by atoms with Gasteiger partial charge in [0, 0.05) is 39.1 Å². The molecule has 11 aromatic rings. The molecule has 15 rings (SSSR count). The van der Waals surface area contributed by atoms with Crippen molar-refractivity contribution in [3.05, 3.63) is 280 Å². The van der Waals surface area contributed by atoms with E-state index >= 15 is 0 Å². The van der Waals surface area contributed by atoms with Crippen LogP contribution in [0, 0.1) is 0 Å². The normalized spacial score (nSPS) is 15.8. The molecule has 1 atom stereocenters. The standard InChI is InChI=1S/C67H44N2O/c1-41-18-16-25-48-49-38-39-58-62(64(49)70-63(41)48)61-50(60-40-59(68-65(69-60)45-21-6-3-7-22-45)44-36-34-43(35-37-44)42-19-4-2-5-20-42)26-17-33-57(61)67(58)55-31-14-12-29-53(55)66(54-30-13-15-32-56(54)67)51-27-10-8-23-46(51)47-24-9-11-28-52(47)66/h2-17,19-41H,18H2,1H3. The Bertz CT molecular complexity index is 3900. The lowest BCUT2D eigenvalue weighted by Gasteiger charge is -2.48. The van der Waals surface area contributed by atoms with Crippen LogP contribution in [0.5, 0.6) is 0 Å². The lowest BCUT2D eigenvalue weighted by atomic mass is 9.52. The summed E-state index contributed by atoms with van der Waals surface area (Å²) < 4.78 is 7.34. The first kappa shape index (κ1) is 39.3. The van der Waals surface area contributed by atoms with Crippen LogP contribution in [0.3, 0.4) is 0 Å². The van der Waals surface area contributed by atoms with Gasteiger partial charge in [-0.05, 0) is 84.8 Å². The molecule has 0 fully saturated rings. The van der Waals surface area contributed by atoms with Crippen molar-refractivity contribution in [1.29, 1.82) is 0 Å². The zero-order chi connectivity index (χ0) is 46.1. The maximum absolute atomic E-state index is 7.34. The van der Waals surface area contributed by atoms with Crippen LogP contribution in [0.2, 0.25) is 0 Å². The predicted octanol–water partition coefficient (Wildman–Crippen LogP) is 16.5. The second kappa shape index (κ2) is 14.7. The molecule has 70 heavy (non-hydrogen) atoms. The quantitative estimate of drug-likeness (QED) is 0.177. The molecule has 2 aromatic heterocycles. The minimum atomic E-state index is -0.708. The van der Waals surface area contributed by atoms with Crippen molar-refractivity contribution in [1.82, 2.24) is 9.97 Å². The van der Waals surface area contributed by atoms with Crippen LogP contribution in [0.25, 0.3) is 84.3 Å². The number of rotatable bonds is 4. The molecule has 0 N–H and O–H groups in total. The molecule has 0 aliphatic heterocycles. The van der Waals surface area contributed by atoms with E-state index in [-0.39, 0.29) is 5.92 Å². The number of allylic oxidation sites excluding steroid dienone is 1. The Morgan fingerprint density at radius 1 is 0.414 bits per heavy atom. The molecule has 4 aliphatic carbocycles. The fraction of sp³-hybridized carbons (Fsp3) is 0.0746. The average molecular weight is 893 g/mol. The van der Waals surface area contributed by atoms with Crippen molar-refractivity contribution in [3.63, 3.8) is 0 Å². The van der Waals surface area contributed by atoms with Crippen LogP contribution >= 0.6 is 0 Å². The van der Waals surface area contributed by atoms with Gasteiger partial charge in [-0.1, -0.05) is 231 Å². The summed E-state index contributed by atoms with van der Waals surface area (Å²) in [5, 5.41) is 1.15. The van der Waals surface area contributed by atoms with Crippen LogP contribution in [-0.4, -0.2) is 9.97 Å². The molecule has 0 saturated heterocycles. The van der Waals surface area contributed by atoms with E-state index in [0.717, 1.165) is 62.4 Å². The first-order valence-electron chi connectivity index (χ1n) is 24.5. The predicted molar refractivity (Wildman–Crippen MR) is 284 cm³/mol.